The molecule has 0 fully saturated rings. The zero-order valence-electron chi connectivity index (χ0n) is 5.80. The van der Waals surface area contributed by atoms with Crippen LogP contribution >= 0.6 is 28.3 Å². The Labute approximate surface area is 82.2 Å². The van der Waals surface area contributed by atoms with Crippen LogP contribution in [0.2, 0.25) is 0 Å². The van der Waals surface area contributed by atoms with Crippen LogP contribution in [0.3, 0.4) is 0 Å². The fraction of sp³-hybridized carbons (Fsp3) is 0. The maximum atomic E-state index is 10.4. The number of hydrogen-bond donors (Lipinski definition) is 1. The van der Waals surface area contributed by atoms with E-state index in [9.17, 15) is 4.79 Å². The molecule has 2 aromatic heterocycles. The number of carbonyl (C=O) groups is 1. The molecule has 0 saturated carbocycles. The van der Waals surface area contributed by atoms with Crippen molar-refractivity contribution >= 4 is 39.2 Å². The lowest BCUT2D eigenvalue weighted by Crippen LogP contribution is -1.94. The van der Waals surface area contributed by atoms with Gasteiger partial charge in [-0.3, -0.25) is 4.40 Å². The van der Waals surface area contributed by atoms with Gasteiger partial charge < -0.3 is 5.11 Å². The molecule has 2 heterocycles. The molecule has 0 aliphatic rings. The highest BCUT2D eigenvalue weighted by Gasteiger charge is 2.07. The zero-order chi connectivity index (χ0) is 7.84. The second-order valence-electron chi connectivity index (χ2n) is 2.02. The van der Waals surface area contributed by atoms with E-state index >= 15 is 0 Å². The minimum atomic E-state index is -0.985. The molecule has 0 aromatic carbocycles. The third kappa shape index (κ3) is 1.35. The normalized spacial score (nSPS) is 9.67. The summed E-state index contributed by atoms with van der Waals surface area (Å²) in [5.41, 5.74) is 0.0943. The largest absolute Gasteiger partial charge is 0.476 e. The first-order valence-electron chi connectivity index (χ1n) is 2.93. The summed E-state index contributed by atoms with van der Waals surface area (Å²) in [5.74, 6) is -0.985. The van der Waals surface area contributed by atoms with Crippen LogP contribution in [-0.4, -0.2) is 20.5 Å². The molecule has 0 amide bonds. The Morgan fingerprint density at radius 3 is 3.00 bits per heavy atom. The van der Waals surface area contributed by atoms with Gasteiger partial charge in [0.05, 0.1) is 0 Å². The molecule has 0 spiro atoms. The van der Waals surface area contributed by atoms with E-state index in [0.717, 1.165) is 0 Å². The van der Waals surface area contributed by atoms with E-state index in [1.165, 1.54) is 17.5 Å². The fourth-order valence-electron chi connectivity index (χ4n) is 0.831. The summed E-state index contributed by atoms with van der Waals surface area (Å²) in [4.78, 5) is 15.0. The molecule has 0 aliphatic carbocycles. The number of aromatic nitrogens is 2. The first-order valence-corrected chi connectivity index (χ1v) is 3.81. The molecule has 1 N–H and O–H groups in total. The number of halogens is 1. The Bertz CT molecular complexity index is 380. The van der Waals surface area contributed by atoms with Crippen molar-refractivity contribution in [3.05, 3.63) is 23.5 Å². The van der Waals surface area contributed by atoms with Crippen molar-refractivity contribution in [1.82, 2.24) is 9.38 Å². The van der Waals surface area contributed by atoms with E-state index in [4.69, 9.17) is 5.11 Å². The average molecular weight is 249 g/mol. The van der Waals surface area contributed by atoms with Gasteiger partial charge in [-0.2, -0.15) is 0 Å². The first kappa shape index (κ1) is 9.21. The van der Waals surface area contributed by atoms with Gasteiger partial charge in [-0.1, -0.05) is 0 Å². The number of hydrogen-bond acceptors (Lipinski definition) is 3. The van der Waals surface area contributed by atoms with E-state index in [-0.39, 0.29) is 22.7 Å². The average Bonchev–Trinajstić information content (AvgIpc) is 2.40. The van der Waals surface area contributed by atoms with Crippen LogP contribution in [0.15, 0.2) is 17.8 Å². The van der Waals surface area contributed by atoms with Crippen LogP contribution in [0.5, 0.6) is 0 Å². The Morgan fingerprint density at radius 1 is 1.67 bits per heavy atom. The molecular formula is C6H5BrN2O2S. The van der Waals surface area contributed by atoms with Crippen molar-refractivity contribution in [2.45, 2.75) is 0 Å². The van der Waals surface area contributed by atoms with Crippen molar-refractivity contribution in [1.29, 1.82) is 0 Å². The van der Waals surface area contributed by atoms with Crippen molar-refractivity contribution in [3.63, 3.8) is 0 Å². The molecular weight excluding hydrogens is 244 g/mol. The van der Waals surface area contributed by atoms with Crippen molar-refractivity contribution in [2.75, 3.05) is 0 Å². The van der Waals surface area contributed by atoms with Gasteiger partial charge in [0, 0.05) is 17.8 Å². The maximum Gasteiger partial charge on any atom is 0.356 e. The highest BCUT2D eigenvalue weighted by atomic mass is 79.9. The number of aromatic carboxylic acids is 1. The minimum Gasteiger partial charge on any atom is -0.476 e. The second-order valence-corrected chi connectivity index (χ2v) is 2.90. The molecule has 0 atom stereocenters. The van der Waals surface area contributed by atoms with Crippen LogP contribution in [0.4, 0.5) is 0 Å². The summed E-state index contributed by atoms with van der Waals surface area (Å²) < 4.78 is 1.69. The summed E-state index contributed by atoms with van der Waals surface area (Å²) in [7, 11) is 0. The highest BCUT2D eigenvalue weighted by Crippen LogP contribution is 2.10. The Kier molecular flexibility index (Phi) is 2.49. The van der Waals surface area contributed by atoms with Gasteiger partial charge in [0.2, 0.25) is 0 Å². The lowest BCUT2D eigenvalue weighted by atomic mass is 10.5. The lowest BCUT2D eigenvalue weighted by Gasteiger charge is -1.78. The second kappa shape index (κ2) is 3.24. The number of rotatable bonds is 1. The molecule has 0 bridgehead atoms. The highest BCUT2D eigenvalue weighted by molar-refractivity contribution is 8.93. The number of carboxylic acid groups (broad SMARTS) is 1. The standard InChI is InChI=1S/C6H4N2O2S.BrH/c9-5(10)4-3-8-1-2-11-6(8)7-4;/h1-3H,(H,9,10);1H. The van der Waals surface area contributed by atoms with Crippen molar-refractivity contribution < 1.29 is 9.90 Å². The topological polar surface area (TPSA) is 54.6 Å². The van der Waals surface area contributed by atoms with Crippen LogP contribution in [0.25, 0.3) is 4.96 Å². The third-order valence-electron chi connectivity index (χ3n) is 1.31. The van der Waals surface area contributed by atoms with Gasteiger partial charge in [0.1, 0.15) is 0 Å². The lowest BCUT2D eigenvalue weighted by molar-refractivity contribution is 0.0691. The number of nitrogens with zero attached hydrogens (tertiary/aromatic N) is 2. The van der Waals surface area contributed by atoms with Crippen molar-refractivity contribution in [3.8, 4) is 0 Å². The van der Waals surface area contributed by atoms with E-state index < -0.39 is 5.97 Å². The first-order chi connectivity index (χ1) is 5.27. The molecule has 6 heteroatoms. The quantitative estimate of drug-likeness (QED) is 0.836. The molecule has 0 aliphatic heterocycles. The monoisotopic (exact) mass is 248 g/mol. The molecule has 0 radical (unpaired) electrons. The molecule has 0 saturated heterocycles. The van der Waals surface area contributed by atoms with Crippen LogP contribution in [0.1, 0.15) is 10.5 Å². The Balaban J connectivity index is 0.000000720. The molecule has 2 rings (SSSR count). The minimum absolute atomic E-state index is 0. The number of thiazole rings is 1. The Hall–Kier alpha value is -0.880. The zero-order valence-corrected chi connectivity index (χ0v) is 8.33. The van der Waals surface area contributed by atoms with E-state index in [0.29, 0.717) is 4.96 Å². The maximum absolute atomic E-state index is 10.4. The van der Waals surface area contributed by atoms with E-state index in [1.807, 2.05) is 5.38 Å². The van der Waals surface area contributed by atoms with Gasteiger partial charge in [0.15, 0.2) is 10.7 Å². The van der Waals surface area contributed by atoms with Crippen LogP contribution in [-0.2, 0) is 0 Å². The van der Waals surface area contributed by atoms with Crippen molar-refractivity contribution in [2.24, 2.45) is 0 Å². The summed E-state index contributed by atoms with van der Waals surface area (Å²) in [6, 6.07) is 0. The third-order valence-corrected chi connectivity index (χ3v) is 2.08. The number of carboxylic acids is 1. The van der Waals surface area contributed by atoms with Gasteiger partial charge in [-0.15, -0.1) is 28.3 Å². The van der Waals surface area contributed by atoms with Gasteiger partial charge in [0.25, 0.3) is 0 Å². The smallest absolute Gasteiger partial charge is 0.356 e. The number of fused-ring (bicyclic) bond motifs is 1. The Morgan fingerprint density at radius 2 is 2.42 bits per heavy atom. The van der Waals surface area contributed by atoms with Crippen LogP contribution in [0, 0.1) is 0 Å². The van der Waals surface area contributed by atoms with E-state index in [2.05, 4.69) is 4.98 Å². The molecule has 2 aromatic rings. The molecule has 64 valence electrons. The summed E-state index contributed by atoms with van der Waals surface area (Å²) >= 11 is 1.41. The van der Waals surface area contributed by atoms with Gasteiger partial charge >= 0.3 is 5.97 Å². The predicted molar refractivity (Wildman–Crippen MR) is 50.4 cm³/mol. The molecule has 12 heavy (non-hydrogen) atoms. The summed E-state index contributed by atoms with van der Waals surface area (Å²) in [6.45, 7) is 0. The molecule has 0 unspecified atom stereocenters. The number of imidazole rings is 1. The fourth-order valence-corrected chi connectivity index (χ4v) is 1.53. The summed E-state index contributed by atoms with van der Waals surface area (Å²) in [5, 5.41) is 10.4. The summed E-state index contributed by atoms with van der Waals surface area (Å²) in [6.07, 6.45) is 3.27. The SMILES string of the molecule is Br.O=C(O)c1cn2ccsc2n1. The van der Waals surface area contributed by atoms with Gasteiger partial charge in [-0.25, -0.2) is 9.78 Å². The van der Waals surface area contributed by atoms with E-state index in [1.54, 1.807) is 10.6 Å². The van der Waals surface area contributed by atoms with Crippen LogP contribution < -0.4 is 0 Å². The molecule has 4 nitrogen and oxygen atoms in total. The van der Waals surface area contributed by atoms with Gasteiger partial charge in [-0.05, 0) is 0 Å². The predicted octanol–water partition coefficient (Wildman–Crippen LogP) is 1.67.